The Balaban J connectivity index is 2.87. The van der Waals surface area contributed by atoms with Crippen LogP contribution in [0.5, 0.6) is 0 Å². The fraction of sp³-hybridized carbons (Fsp3) is 0.875. The summed E-state index contributed by atoms with van der Waals surface area (Å²) in [5.41, 5.74) is 0. The maximum absolute atomic E-state index is 11.4. The van der Waals surface area contributed by atoms with Gasteiger partial charge < -0.3 is 0 Å². The molecular formula is C8H14O3S. The zero-order chi connectivity index (χ0) is 9.35. The molecule has 1 atom stereocenters. The van der Waals surface area contributed by atoms with Crippen molar-refractivity contribution < 1.29 is 13.2 Å². The fourth-order valence-electron chi connectivity index (χ4n) is 1.51. The summed E-state index contributed by atoms with van der Waals surface area (Å²) in [5.74, 6) is 0.192. The highest BCUT2D eigenvalue weighted by atomic mass is 32.2. The van der Waals surface area contributed by atoms with Crippen molar-refractivity contribution in [2.45, 2.75) is 31.9 Å². The van der Waals surface area contributed by atoms with Crippen LogP contribution in [0, 0.1) is 5.92 Å². The first-order valence-electron chi connectivity index (χ1n) is 4.17. The highest BCUT2D eigenvalue weighted by molar-refractivity contribution is 7.92. The van der Waals surface area contributed by atoms with Crippen molar-refractivity contribution in [1.82, 2.24) is 0 Å². The molecule has 4 heteroatoms. The number of hydrogen-bond donors (Lipinski definition) is 0. The summed E-state index contributed by atoms with van der Waals surface area (Å²) < 4.78 is 22.8. The third kappa shape index (κ3) is 1.86. The maximum atomic E-state index is 11.4. The van der Waals surface area contributed by atoms with Crippen molar-refractivity contribution in [2.24, 2.45) is 5.92 Å². The molecule has 0 amide bonds. The third-order valence-corrected chi connectivity index (χ3v) is 4.71. The number of ketones is 1. The molecule has 0 aromatic carbocycles. The molecule has 1 heterocycles. The molecule has 0 spiro atoms. The molecule has 0 saturated carbocycles. The van der Waals surface area contributed by atoms with E-state index in [-0.39, 0.29) is 30.3 Å². The predicted molar refractivity (Wildman–Crippen MR) is 46.7 cm³/mol. The molecule has 1 fully saturated rings. The maximum Gasteiger partial charge on any atom is 0.154 e. The van der Waals surface area contributed by atoms with E-state index >= 15 is 0 Å². The Hall–Kier alpha value is -0.380. The minimum Gasteiger partial charge on any atom is -0.300 e. The quantitative estimate of drug-likeness (QED) is 0.614. The smallest absolute Gasteiger partial charge is 0.154 e. The van der Waals surface area contributed by atoms with E-state index in [4.69, 9.17) is 0 Å². The van der Waals surface area contributed by atoms with Crippen molar-refractivity contribution in [1.29, 1.82) is 0 Å². The van der Waals surface area contributed by atoms with Crippen molar-refractivity contribution in [3.63, 3.8) is 0 Å². The van der Waals surface area contributed by atoms with Gasteiger partial charge in [0.15, 0.2) is 9.84 Å². The first-order valence-corrected chi connectivity index (χ1v) is 5.88. The van der Waals surface area contributed by atoms with Gasteiger partial charge in [0.1, 0.15) is 5.78 Å². The summed E-state index contributed by atoms with van der Waals surface area (Å²) in [6.45, 7) is 3.70. The SMILES string of the molecule is CC(C)C1CC(=O)CCS1(=O)=O. The van der Waals surface area contributed by atoms with Gasteiger partial charge in [-0.3, -0.25) is 4.79 Å². The number of sulfone groups is 1. The standard InChI is InChI=1S/C8H14O3S/c1-6(2)8-5-7(9)3-4-12(8,10)11/h6,8H,3-5H2,1-2H3. The van der Waals surface area contributed by atoms with E-state index in [0.717, 1.165) is 0 Å². The van der Waals surface area contributed by atoms with Crippen LogP contribution in [-0.2, 0) is 14.6 Å². The van der Waals surface area contributed by atoms with E-state index in [2.05, 4.69) is 0 Å². The predicted octanol–water partition coefficient (Wildman–Crippen LogP) is 0.789. The molecule has 1 rings (SSSR count). The summed E-state index contributed by atoms with van der Waals surface area (Å²) >= 11 is 0. The Bertz CT molecular complexity index is 277. The average molecular weight is 190 g/mol. The van der Waals surface area contributed by atoms with Crippen LogP contribution in [0.2, 0.25) is 0 Å². The van der Waals surface area contributed by atoms with E-state index in [9.17, 15) is 13.2 Å². The zero-order valence-corrected chi connectivity index (χ0v) is 8.23. The first kappa shape index (κ1) is 9.71. The van der Waals surface area contributed by atoms with Gasteiger partial charge in [-0.2, -0.15) is 0 Å². The molecule has 3 nitrogen and oxygen atoms in total. The topological polar surface area (TPSA) is 51.2 Å². The monoisotopic (exact) mass is 190 g/mol. The molecule has 0 aliphatic carbocycles. The highest BCUT2D eigenvalue weighted by Crippen LogP contribution is 2.23. The molecular weight excluding hydrogens is 176 g/mol. The molecule has 1 unspecified atom stereocenters. The van der Waals surface area contributed by atoms with Gasteiger partial charge in [-0.1, -0.05) is 13.8 Å². The molecule has 0 N–H and O–H groups in total. The van der Waals surface area contributed by atoms with E-state index in [0.29, 0.717) is 0 Å². The van der Waals surface area contributed by atoms with Crippen LogP contribution in [0.3, 0.4) is 0 Å². The van der Waals surface area contributed by atoms with Gasteiger partial charge in [-0.25, -0.2) is 8.42 Å². The molecule has 70 valence electrons. The molecule has 1 aliphatic rings. The highest BCUT2D eigenvalue weighted by Gasteiger charge is 2.34. The summed E-state index contributed by atoms with van der Waals surface area (Å²) in [6.07, 6.45) is 0.436. The first-order chi connectivity index (χ1) is 5.43. The number of Topliss-reactive ketones (excluding diaryl/α,β-unsaturated/α-hetero) is 1. The van der Waals surface area contributed by atoms with E-state index in [1.807, 2.05) is 13.8 Å². The minimum atomic E-state index is -2.98. The second-order valence-electron chi connectivity index (χ2n) is 3.64. The lowest BCUT2D eigenvalue weighted by atomic mass is 10.0. The second kappa shape index (κ2) is 3.17. The van der Waals surface area contributed by atoms with Crippen LogP contribution < -0.4 is 0 Å². The van der Waals surface area contributed by atoms with Gasteiger partial charge in [-0.05, 0) is 5.92 Å². The molecule has 0 radical (unpaired) electrons. The molecule has 1 aliphatic heterocycles. The zero-order valence-electron chi connectivity index (χ0n) is 7.41. The lowest BCUT2D eigenvalue weighted by molar-refractivity contribution is -0.119. The van der Waals surface area contributed by atoms with Crippen LogP contribution in [0.1, 0.15) is 26.7 Å². The van der Waals surface area contributed by atoms with Gasteiger partial charge in [0.2, 0.25) is 0 Å². The molecule has 12 heavy (non-hydrogen) atoms. The van der Waals surface area contributed by atoms with Crippen molar-refractivity contribution in [3.05, 3.63) is 0 Å². The third-order valence-electron chi connectivity index (χ3n) is 2.30. The van der Waals surface area contributed by atoms with E-state index in [1.54, 1.807) is 0 Å². The van der Waals surface area contributed by atoms with Gasteiger partial charge >= 0.3 is 0 Å². The van der Waals surface area contributed by atoms with Crippen molar-refractivity contribution in [2.75, 3.05) is 5.75 Å². The summed E-state index contributed by atoms with van der Waals surface area (Å²) in [7, 11) is -2.98. The lowest BCUT2D eigenvalue weighted by Gasteiger charge is -2.24. The van der Waals surface area contributed by atoms with E-state index in [1.165, 1.54) is 0 Å². The molecule has 1 saturated heterocycles. The van der Waals surface area contributed by atoms with Crippen molar-refractivity contribution >= 4 is 15.6 Å². The summed E-state index contributed by atoms with van der Waals surface area (Å²) in [5, 5.41) is -0.432. The van der Waals surface area contributed by atoms with Crippen molar-refractivity contribution in [3.8, 4) is 0 Å². The summed E-state index contributed by atoms with van der Waals surface area (Å²) in [6, 6.07) is 0. The Labute approximate surface area is 73.1 Å². The Kier molecular flexibility index (Phi) is 2.56. The van der Waals surface area contributed by atoms with E-state index < -0.39 is 15.1 Å². The molecule has 0 aromatic heterocycles. The fourth-order valence-corrected chi connectivity index (χ4v) is 3.60. The largest absolute Gasteiger partial charge is 0.300 e. The van der Waals surface area contributed by atoms with Crippen LogP contribution in [-0.4, -0.2) is 25.2 Å². The number of rotatable bonds is 1. The average Bonchev–Trinajstić information content (AvgIpc) is 1.94. The number of carbonyl (C=O) groups is 1. The Morgan fingerprint density at radius 2 is 2.00 bits per heavy atom. The van der Waals surface area contributed by atoms with Gasteiger partial charge in [-0.15, -0.1) is 0 Å². The van der Waals surface area contributed by atoms with Gasteiger partial charge in [0, 0.05) is 12.8 Å². The number of hydrogen-bond acceptors (Lipinski definition) is 3. The Morgan fingerprint density at radius 3 is 2.42 bits per heavy atom. The number of carbonyl (C=O) groups excluding carboxylic acids is 1. The minimum absolute atomic E-state index is 0.0503. The van der Waals surface area contributed by atoms with Gasteiger partial charge in [0.25, 0.3) is 0 Å². The van der Waals surface area contributed by atoms with Crippen LogP contribution in [0.25, 0.3) is 0 Å². The van der Waals surface area contributed by atoms with Gasteiger partial charge in [0.05, 0.1) is 11.0 Å². The second-order valence-corrected chi connectivity index (χ2v) is 5.98. The molecule has 0 aromatic rings. The van der Waals surface area contributed by atoms with Crippen LogP contribution >= 0.6 is 0 Å². The Morgan fingerprint density at radius 1 is 1.42 bits per heavy atom. The van der Waals surface area contributed by atoms with Crippen LogP contribution in [0.15, 0.2) is 0 Å². The summed E-state index contributed by atoms with van der Waals surface area (Å²) in [4.78, 5) is 11.0. The lowest BCUT2D eigenvalue weighted by Crippen LogP contribution is -2.36. The van der Waals surface area contributed by atoms with Crippen LogP contribution in [0.4, 0.5) is 0 Å². The molecule has 0 bridgehead atoms. The normalized spacial score (nSPS) is 29.2.